The minimum absolute atomic E-state index is 0.0148. The van der Waals surface area contributed by atoms with Gasteiger partial charge in [0.05, 0.1) is 43.1 Å². The van der Waals surface area contributed by atoms with Gasteiger partial charge >= 0.3 is 12.1 Å². The summed E-state index contributed by atoms with van der Waals surface area (Å²) in [4.78, 5) is 41.6. The van der Waals surface area contributed by atoms with E-state index in [1.54, 1.807) is 9.47 Å². The van der Waals surface area contributed by atoms with E-state index >= 15 is 8.78 Å². The fraction of sp³-hybridized carbons (Fsp3) is 0.357. The molecular weight excluding hydrogens is 618 g/mol. The molecule has 1 fully saturated rings. The van der Waals surface area contributed by atoms with Crippen molar-refractivity contribution in [2.24, 2.45) is 5.73 Å². The Bertz CT molecular complexity index is 1770. The molecule has 1 saturated heterocycles. The fourth-order valence-corrected chi connectivity index (χ4v) is 5.21. The highest BCUT2D eigenvalue weighted by molar-refractivity contribution is 5.81. The summed E-state index contributed by atoms with van der Waals surface area (Å²) in [6, 6.07) is 2.92. The highest BCUT2D eigenvalue weighted by atomic mass is 19.3. The number of nitrogens with one attached hydrogen (secondary N) is 1. The molecule has 5 rings (SSSR count). The molecule has 6 N–H and O–H groups in total. The van der Waals surface area contributed by atoms with Gasteiger partial charge in [-0.2, -0.15) is 0 Å². The molecule has 0 saturated carbocycles. The molecule has 0 spiro atoms. The molecule has 18 heteroatoms. The number of fused-ring (bicyclic) bond motifs is 1. The van der Waals surface area contributed by atoms with E-state index in [0.29, 0.717) is 41.4 Å². The summed E-state index contributed by atoms with van der Waals surface area (Å²) in [6.07, 6.45) is -1.74. The van der Waals surface area contributed by atoms with Crippen LogP contribution in [0.4, 0.5) is 33.9 Å². The number of esters is 1. The molecule has 0 aliphatic carbocycles. The van der Waals surface area contributed by atoms with E-state index in [4.69, 9.17) is 16.2 Å². The van der Waals surface area contributed by atoms with Gasteiger partial charge in [0.15, 0.2) is 23.0 Å². The van der Waals surface area contributed by atoms with Crippen molar-refractivity contribution in [1.82, 2.24) is 29.8 Å². The first-order chi connectivity index (χ1) is 21.9. The topological polar surface area (TPSA) is 197 Å². The summed E-state index contributed by atoms with van der Waals surface area (Å²) in [7, 11) is 1.10. The number of rotatable bonds is 9. The van der Waals surface area contributed by atoms with E-state index in [-0.39, 0.29) is 36.6 Å². The van der Waals surface area contributed by atoms with Gasteiger partial charge in [-0.1, -0.05) is 0 Å². The molecule has 46 heavy (non-hydrogen) atoms. The number of imidazole rings is 1. The van der Waals surface area contributed by atoms with Gasteiger partial charge in [-0.15, -0.1) is 0 Å². The lowest BCUT2D eigenvalue weighted by Crippen LogP contribution is -2.63. The number of amides is 1. The Morgan fingerprint density at radius 3 is 2.67 bits per heavy atom. The van der Waals surface area contributed by atoms with Crippen molar-refractivity contribution in [3.8, 4) is 17.0 Å². The monoisotopic (exact) mass is 647 g/mol. The summed E-state index contributed by atoms with van der Waals surface area (Å²) in [6.45, 7) is -0.255. The van der Waals surface area contributed by atoms with Crippen LogP contribution in [0.1, 0.15) is 18.4 Å². The molecule has 1 aliphatic rings. The maximum atomic E-state index is 15.4. The van der Waals surface area contributed by atoms with E-state index in [0.717, 1.165) is 13.2 Å². The second-order valence-corrected chi connectivity index (χ2v) is 10.6. The summed E-state index contributed by atoms with van der Waals surface area (Å²) >= 11 is 0. The fourth-order valence-electron chi connectivity index (χ4n) is 5.21. The smallest absolute Gasteiger partial charge is 0.413 e. The van der Waals surface area contributed by atoms with Crippen LogP contribution in [0.15, 0.2) is 37.1 Å². The zero-order chi connectivity index (χ0) is 33.2. The molecule has 1 amide bonds. The number of benzene rings is 1. The lowest BCUT2D eigenvalue weighted by Gasteiger charge is -2.44. The molecule has 0 radical (unpaired) electrons. The number of piperidine rings is 1. The van der Waals surface area contributed by atoms with E-state index in [1.165, 1.54) is 24.9 Å². The maximum Gasteiger partial charge on any atom is 0.413 e. The number of hydrogen-bond acceptors (Lipinski definition) is 12. The minimum Gasteiger partial charge on any atom is -0.468 e. The Morgan fingerprint density at radius 2 is 1.93 bits per heavy atom. The number of methoxy groups -OCH3 is 1. The molecule has 0 bridgehead atoms. The number of nitrogens with two attached hydrogens (primary N) is 2. The van der Waals surface area contributed by atoms with Crippen LogP contribution in [0.25, 0.3) is 22.4 Å². The van der Waals surface area contributed by atoms with Gasteiger partial charge in [0.1, 0.15) is 30.3 Å². The molecule has 2 atom stereocenters. The molecule has 14 nitrogen and oxygen atoms in total. The van der Waals surface area contributed by atoms with Crippen LogP contribution in [0.3, 0.4) is 0 Å². The Labute approximate surface area is 258 Å². The van der Waals surface area contributed by atoms with Gasteiger partial charge in [0.25, 0.3) is 6.43 Å². The molecule has 1 aromatic carbocycles. The highest BCUT2D eigenvalue weighted by Crippen LogP contribution is 2.35. The maximum absolute atomic E-state index is 15.4. The highest BCUT2D eigenvalue weighted by Gasteiger charge is 2.43. The second-order valence-electron chi connectivity index (χ2n) is 10.6. The molecule has 4 heterocycles. The molecule has 1 aliphatic heterocycles. The number of anilines is 2. The zero-order valence-corrected chi connectivity index (χ0v) is 24.3. The Kier molecular flexibility index (Phi) is 9.19. The SMILES string of the molecule is COC(=O)CNC(=O)Oc1cc(F)c(-c2cc(Cn3cnc4c(N)ncnc43)c(N3CCC[C@](N)([C@H](O)C(F)F)C3)cn2)cc1F. The summed E-state index contributed by atoms with van der Waals surface area (Å²) < 4.78 is 68.2. The van der Waals surface area contributed by atoms with Crippen LogP contribution in [-0.2, 0) is 16.1 Å². The van der Waals surface area contributed by atoms with Crippen molar-refractivity contribution in [3.05, 3.63) is 54.2 Å². The Hall–Kier alpha value is -5.10. The largest absolute Gasteiger partial charge is 0.468 e. The number of alkyl halides is 2. The van der Waals surface area contributed by atoms with Crippen LogP contribution < -0.4 is 26.4 Å². The number of pyridine rings is 1. The number of nitrogen functional groups attached to an aromatic ring is 1. The van der Waals surface area contributed by atoms with Crippen molar-refractivity contribution in [2.45, 2.75) is 37.5 Å². The number of aliphatic hydroxyl groups excluding tert-OH is 1. The quantitative estimate of drug-likeness (QED) is 0.153. The van der Waals surface area contributed by atoms with Crippen LogP contribution in [0.2, 0.25) is 0 Å². The van der Waals surface area contributed by atoms with E-state index in [2.05, 4.69) is 24.7 Å². The van der Waals surface area contributed by atoms with Gasteiger partial charge in [-0.25, -0.2) is 37.3 Å². The predicted molar refractivity (Wildman–Crippen MR) is 155 cm³/mol. The lowest BCUT2D eigenvalue weighted by molar-refractivity contribution is -0.139. The Morgan fingerprint density at radius 1 is 1.15 bits per heavy atom. The van der Waals surface area contributed by atoms with Crippen molar-refractivity contribution < 1.29 is 41.7 Å². The third kappa shape index (κ3) is 6.62. The lowest BCUT2D eigenvalue weighted by atomic mass is 9.84. The third-order valence-corrected chi connectivity index (χ3v) is 7.56. The molecule has 3 aromatic heterocycles. The average Bonchev–Trinajstić information content (AvgIpc) is 3.44. The molecular formula is C28H29F4N9O5. The number of halogens is 4. The first kappa shape index (κ1) is 32.3. The minimum atomic E-state index is -3.06. The molecule has 244 valence electrons. The summed E-state index contributed by atoms with van der Waals surface area (Å²) in [5.74, 6) is -3.47. The van der Waals surface area contributed by atoms with Crippen molar-refractivity contribution in [1.29, 1.82) is 0 Å². The summed E-state index contributed by atoms with van der Waals surface area (Å²) in [5, 5.41) is 12.2. The molecule has 4 aromatic rings. The standard InChI is InChI=1S/C28H29F4N9O5/c1-45-21(42)9-36-27(44)46-20-7-16(29)15(6-17(20)30)18-5-14(10-41-13-39-22-25(33)37-12-38-26(22)41)19(8-35-18)40-4-2-3-28(34,11-40)23(43)24(31)32/h5-8,12-13,23-24,43H,2-4,9-11,34H2,1H3,(H,36,44)(H2,33,37,38)/t23-,28-/m1/s1. The first-order valence-corrected chi connectivity index (χ1v) is 13.8. The number of aliphatic hydroxyl groups is 1. The van der Waals surface area contributed by atoms with Crippen LogP contribution in [-0.4, -0.2) is 86.5 Å². The van der Waals surface area contributed by atoms with Gasteiger partial charge < -0.3 is 40.8 Å². The average molecular weight is 648 g/mol. The van der Waals surface area contributed by atoms with Crippen LogP contribution >= 0.6 is 0 Å². The predicted octanol–water partition coefficient (Wildman–Crippen LogP) is 1.98. The van der Waals surface area contributed by atoms with Gasteiger partial charge in [0, 0.05) is 24.7 Å². The van der Waals surface area contributed by atoms with E-state index in [9.17, 15) is 23.5 Å². The number of hydrogen-bond donors (Lipinski definition) is 4. The van der Waals surface area contributed by atoms with Gasteiger partial charge in [0.2, 0.25) is 0 Å². The van der Waals surface area contributed by atoms with E-state index in [1.807, 2.05) is 5.32 Å². The van der Waals surface area contributed by atoms with Crippen LogP contribution in [0.5, 0.6) is 5.75 Å². The number of aromatic nitrogens is 5. The number of carbonyl (C=O) groups is 2. The molecule has 0 unspecified atom stereocenters. The second kappa shape index (κ2) is 13.1. The summed E-state index contributed by atoms with van der Waals surface area (Å²) in [5.41, 5.74) is 11.9. The first-order valence-electron chi connectivity index (χ1n) is 13.8. The van der Waals surface area contributed by atoms with Crippen molar-refractivity contribution in [3.63, 3.8) is 0 Å². The number of nitrogens with zero attached hydrogens (tertiary/aromatic N) is 6. The number of ether oxygens (including phenoxy) is 2. The third-order valence-electron chi connectivity index (χ3n) is 7.56. The zero-order valence-electron chi connectivity index (χ0n) is 24.3. The Balaban J connectivity index is 1.51. The van der Waals surface area contributed by atoms with Gasteiger partial charge in [-0.05, 0) is 30.5 Å². The van der Waals surface area contributed by atoms with Crippen molar-refractivity contribution >= 4 is 34.7 Å². The van der Waals surface area contributed by atoms with Crippen molar-refractivity contribution in [2.75, 3.05) is 37.4 Å². The normalized spacial score (nSPS) is 17.3. The van der Waals surface area contributed by atoms with Gasteiger partial charge in [-0.3, -0.25) is 9.78 Å². The van der Waals surface area contributed by atoms with E-state index < -0.39 is 54.1 Å². The number of carbonyl (C=O) groups excluding carboxylic acids is 2. The van der Waals surface area contributed by atoms with Crippen LogP contribution in [0, 0.1) is 11.6 Å².